The highest BCUT2D eigenvalue weighted by molar-refractivity contribution is 7.92. The maximum atomic E-state index is 14.3. The summed E-state index contributed by atoms with van der Waals surface area (Å²) in [6.45, 7) is 8.34. The summed E-state index contributed by atoms with van der Waals surface area (Å²) in [5, 5.41) is 2.88. The summed E-state index contributed by atoms with van der Waals surface area (Å²) in [5.41, 5.74) is 5.06. The number of hydrogen-bond donors (Lipinski definition) is 2. The molecule has 258 valence electrons. The van der Waals surface area contributed by atoms with Crippen molar-refractivity contribution >= 4 is 27.5 Å². The Morgan fingerprint density at radius 3 is 2.75 bits per heavy atom. The molecule has 2 N–H and O–H groups in total. The minimum Gasteiger partial charge on any atom is -0.490 e. The van der Waals surface area contributed by atoms with Crippen LogP contribution in [0.5, 0.6) is 5.75 Å². The van der Waals surface area contributed by atoms with Crippen LogP contribution in [-0.4, -0.2) is 60.9 Å². The number of benzene rings is 2. The van der Waals surface area contributed by atoms with Crippen molar-refractivity contribution in [3.8, 4) is 5.75 Å². The Kier molecular flexibility index (Phi) is 9.08. The van der Waals surface area contributed by atoms with E-state index < -0.39 is 21.9 Å². The Hall–Kier alpha value is -3.37. The van der Waals surface area contributed by atoms with Gasteiger partial charge in [-0.05, 0) is 105 Å². The topological polar surface area (TPSA) is 109 Å². The number of carbonyl (C=O) groups is 2. The molecule has 1 spiro atoms. The van der Waals surface area contributed by atoms with E-state index in [0.29, 0.717) is 36.3 Å². The Bertz CT molecular complexity index is 1730. The minimum atomic E-state index is -3.42. The molecule has 48 heavy (non-hydrogen) atoms. The fourth-order valence-electron chi connectivity index (χ4n) is 8.39. The van der Waals surface area contributed by atoms with Crippen LogP contribution < -0.4 is 19.7 Å². The average molecular weight is 675 g/mol. The van der Waals surface area contributed by atoms with Crippen molar-refractivity contribution in [2.45, 2.75) is 83.3 Å². The molecule has 10 heteroatoms. The van der Waals surface area contributed by atoms with E-state index in [1.807, 2.05) is 19.1 Å². The standard InChI is InChI=1S/C38H50N4O5S/c1-24-10-14-31-27(17-24)8-6-16-38(31)22-42-20-29-11-13-30(29)34(46-4)9-5-7-25(2)21-48(45,41-37(44)39-32-18-26(32)3)40-36(43)28-12-15-35(47-23-38)33(42)19-28/h5,9-10,12,14-15,17,19,25-26,29-30,32,34H,6-8,11,13,16,18,20-23H2,1-4H3,(H2,39,40,41,43,44,45)/b9-5+/t25-,26-,29-,30+,32-,34-,38-,48?/m0/s1. The van der Waals surface area contributed by atoms with Crippen molar-refractivity contribution < 1.29 is 23.3 Å². The van der Waals surface area contributed by atoms with Crippen LogP contribution in [0.3, 0.4) is 0 Å². The number of carbonyl (C=O) groups excluding carboxylic acids is 2. The molecule has 2 aromatic rings. The van der Waals surface area contributed by atoms with Gasteiger partial charge in [0.15, 0.2) is 0 Å². The zero-order chi connectivity index (χ0) is 33.6. The molecule has 1 unspecified atom stereocenters. The summed E-state index contributed by atoms with van der Waals surface area (Å²) >= 11 is 0. The highest BCUT2D eigenvalue weighted by atomic mass is 32.2. The van der Waals surface area contributed by atoms with Gasteiger partial charge in [0.1, 0.15) is 15.7 Å². The van der Waals surface area contributed by atoms with E-state index in [4.69, 9.17) is 9.47 Å². The van der Waals surface area contributed by atoms with Gasteiger partial charge in [-0.2, -0.15) is 0 Å². The Morgan fingerprint density at radius 1 is 1.17 bits per heavy atom. The number of aryl methyl sites for hydroxylation is 2. The van der Waals surface area contributed by atoms with Gasteiger partial charge in [0.2, 0.25) is 0 Å². The molecular formula is C38H50N4O5S. The maximum Gasteiger partial charge on any atom is 0.327 e. The predicted octanol–water partition coefficient (Wildman–Crippen LogP) is 6.34. The number of hydrogen-bond acceptors (Lipinski definition) is 6. The molecule has 2 heterocycles. The third kappa shape index (κ3) is 6.75. The lowest BCUT2D eigenvalue weighted by molar-refractivity contribution is 0.0131. The molecule has 2 aromatic carbocycles. The molecule has 2 aliphatic heterocycles. The van der Waals surface area contributed by atoms with Gasteiger partial charge in [-0.1, -0.05) is 49.8 Å². The number of nitrogens with one attached hydrogen (secondary N) is 2. The SMILES string of the molecule is CO[C@H]1/C=C/C[C@H](C)CS(=O)(NC(=O)N[C@H]2C[C@@H]2C)=NC(=O)c2ccc3c(c2)N(C[C@@H]2CC[C@H]21)C[C@@]1(CCCc2cc(C)ccc21)CO3. The largest absolute Gasteiger partial charge is 0.490 e. The second-order valence-corrected chi connectivity index (χ2v) is 17.2. The first-order valence-corrected chi connectivity index (χ1v) is 19.4. The molecule has 2 saturated carbocycles. The number of urea groups is 1. The highest BCUT2D eigenvalue weighted by Crippen LogP contribution is 2.47. The average Bonchev–Trinajstić information content (AvgIpc) is 3.75. The zero-order valence-corrected chi connectivity index (χ0v) is 29.5. The monoisotopic (exact) mass is 674 g/mol. The van der Waals surface area contributed by atoms with Crippen LogP contribution >= 0.6 is 0 Å². The van der Waals surface area contributed by atoms with Gasteiger partial charge in [-0.25, -0.2) is 9.00 Å². The van der Waals surface area contributed by atoms with Crippen molar-refractivity contribution in [1.82, 2.24) is 10.0 Å². The molecule has 2 bridgehead atoms. The molecule has 3 aliphatic carbocycles. The summed E-state index contributed by atoms with van der Waals surface area (Å²) in [7, 11) is -1.64. The van der Waals surface area contributed by atoms with Gasteiger partial charge in [-0.15, -0.1) is 4.36 Å². The molecular weight excluding hydrogens is 625 g/mol. The van der Waals surface area contributed by atoms with Crippen molar-refractivity contribution in [2.24, 2.45) is 28.0 Å². The van der Waals surface area contributed by atoms with E-state index >= 15 is 0 Å². The van der Waals surface area contributed by atoms with E-state index in [9.17, 15) is 13.8 Å². The summed E-state index contributed by atoms with van der Waals surface area (Å²) < 4.78 is 33.9. The van der Waals surface area contributed by atoms with E-state index in [1.165, 1.54) is 16.7 Å². The smallest absolute Gasteiger partial charge is 0.327 e. The number of anilines is 1. The minimum absolute atomic E-state index is 0.0229. The van der Waals surface area contributed by atoms with Crippen LogP contribution in [0.1, 0.15) is 79.4 Å². The van der Waals surface area contributed by atoms with Crippen LogP contribution in [0.25, 0.3) is 0 Å². The van der Waals surface area contributed by atoms with Gasteiger partial charge in [0, 0.05) is 37.2 Å². The second kappa shape index (κ2) is 13.2. The number of methoxy groups -OCH3 is 1. The molecule has 0 saturated heterocycles. The maximum absolute atomic E-state index is 14.3. The van der Waals surface area contributed by atoms with E-state index in [-0.39, 0.29) is 29.2 Å². The molecule has 9 nitrogen and oxygen atoms in total. The molecule has 8 atom stereocenters. The Labute approximate surface area is 285 Å². The van der Waals surface area contributed by atoms with Crippen molar-refractivity contribution in [3.63, 3.8) is 0 Å². The van der Waals surface area contributed by atoms with Crippen molar-refractivity contribution in [3.05, 3.63) is 70.8 Å². The second-order valence-electron chi connectivity index (χ2n) is 15.2. The van der Waals surface area contributed by atoms with Gasteiger partial charge >= 0.3 is 6.03 Å². The molecule has 0 radical (unpaired) electrons. The van der Waals surface area contributed by atoms with E-state index in [0.717, 1.165) is 63.1 Å². The Balaban J connectivity index is 1.28. The lowest BCUT2D eigenvalue weighted by Crippen LogP contribution is -2.49. The van der Waals surface area contributed by atoms with Crippen LogP contribution in [0.15, 0.2) is 52.9 Å². The summed E-state index contributed by atoms with van der Waals surface area (Å²) in [6.07, 6.45) is 11.2. The first-order valence-electron chi connectivity index (χ1n) is 17.7. The number of amides is 3. The van der Waals surface area contributed by atoms with Gasteiger partial charge in [0.25, 0.3) is 5.91 Å². The summed E-state index contributed by atoms with van der Waals surface area (Å²) in [6, 6.07) is 11.8. The lowest BCUT2D eigenvalue weighted by Gasteiger charge is -2.46. The summed E-state index contributed by atoms with van der Waals surface area (Å²) in [4.78, 5) is 29.2. The third-order valence-corrected chi connectivity index (χ3v) is 13.4. The van der Waals surface area contributed by atoms with Crippen molar-refractivity contribution in [1.29, 1.82) is 0 Å². The van der Waals surface area contributed by atoms with Gasteiger partial charge < -0.3 is 19.7 Å². The number of fused-ring (bicyclic) bond motifs is 4. The number of nitrogens with zero attached hydrogens (tertiary/aromatic N) is 2. The Morgan fingerprint density at radius 2 is 2.00 bits per heavy atom. The first kappa shape index (κ1) is 33.1. The molecule has 5 aliphatic rings. The highest BCUT2D eigenvalue weighted by Gasteiger charge is 2.44. The normalized spacial score (nSPS) is 35.1. The number of rotatable bonds is 3. The van der Waals surface area contributed by atoms with Gasteiger partial charge in [-0.3, -0.25) is 9.52 Å². The summed E-state index contributed by atoms with van der Waals surface area (Å²) in [5.74, 6) is 1.29. The predicted molar refractivity (Wildman–Crippen MR) is 189 cm³/mol. The number of ether oxygens (including phenoxy) is 2. The molecule has 2 fully saturated rings. The fourth-order valence-corrected chi connectivity index (χ4v) is 10.2. The lowest BCUT2D eigenvalue weighted by atomic mass is 9.68. The molecule has 7 rings (SSSR count). The first-order chi connectivity index (χ1) is 23.0. The molecule has 3 amide bonds. The van der Waals surface area contributed by atoms with Crippen LogP contribution in [0.2, 0.25) is 0 Å². The third-order valence-electron chi connectivity index (χ3n) is 11.4. The van der Waals surface area contributed by atoms with E-state index in [2.05, 4.69) is 63.5 Å². The van der Waals surface area contributed by atoms with Crippen LogP contribution in [0.4, 0.5) is 10.5 Å². The van der Waals surface area contributed by atoms with Crippen molar-refractivity contribution in [2.75, 3.05) is 37.5 Å². The molecule has 0 aromatic heterocycles. The number of allylic oxidation sites excluding steroid dienone is 1. The van der Waals surface area contributed by atoms with E-state index in [1.54, 1.807) is 13.2 Å². The quantitative estimate of drug-likeness (QED) is 0.368. The fraction of sp³-hybridized carbons (Fsp3) is 0.579. The van der Waals surface area contributed by atoms with Crippen LogP contribution in [0, 0.1) is 30.6 Å². The zero-order valence-electron chi connectivity index (χ0n) is 28.7. The van der Waals surface area contributed by atoms with Crippen LogP contribution in [-0.2, 0) is 26.5 Å². The van der Waals surface area contributed by atoms with Gasteiger partial charge in [0.05, 0.1) is 24.2 Å².